The van der Waals surface area contributed by atoms with Gasteiger partial charge in [-0.3, -0.25) is 9.59 Å². The van der Waals surface area contributed by atoms with E-state index in [1.807, 2.05) is 43.3 Å². The molecule has 0 heterocycles. The lowest BCUT2D eigenvalue weighted by Gasteiger charge is -2.11. The number of nitrogens with two attached hydrogens (primary N) is 1. The fourth-order valence-corrected chi connectivity index (χ4v) is 2.16. The summed E-state index contributed by atoms with van der Waals surface area (Å²) in [6.07, 6.45) is 0.415. The summed E-state index contributed by atoms with van der Waals surface area (Å²) in [7, 11) is 0. The Labute approximate surface area is 124 Å². The van der Waals surface area contributed by atoms with Crippen LogP contribution in [0, 0.1) is 6.92 Å². The van der Waals surface area contributed by atoms with Crippen LogP contribution in [-0.2, 0) is 22.4 Å². The number of amides is 2. The van der Waals surface area contributed by atoms with Crippen LogP contribution in [0.4, 0.5) is 5.69 Å². The van der Waals surface area contributed by atoms with Gasteiger partial charge < -0.3 is 11.1 Å². The molecule has 0 aromatic heterocycles. The summed E-state index contributed by atoms with van der Waals surface area (Å²) in [6, 6.07) is 15.0. The molecule has 0 saturated heterocycles. The highest BCUT2D eigenvalue weighted by molar-refractivity contribution is 5.94. The molecule has 2 amide bonds. The van der Waals surface area contributed by atoms with Crippen molar-refractivity contribution in [3.8, 4) is 0 Å². The van der Waals surface area contributed by atoms with Crippen LogP contribution in [0.5, 0.6) is 0 Å². The number of aryl methyl sites for hydroxylation is 1. The minimum atomic E-state index is -0.421. The zero-order valence-corrected chi connectivity index (χ0v) is 11.9. The minimum Gasteiger partial charge on any atom is -0.369 e. The first-order valence-electron chi connectivity index (χ1n) is 6.77. The highest BCUT2D eigenvalue weighted by atomic mass is 16.2. The zero-order chi connectivity index (χ0) is 15.2. The molecule has 0 saturated carbocycles. The van der Waals surface area contributed by atoms with Crippen molar-refractivity contribution in [2.24, 2.45) is 5.73 Å². The van der Waals surface area contributed by atoms with E-state index < -0.39 is 5.91 Å². The van der Waals surface area contributed by atoms with Gasteiger partial charge in [-0.05, 0) is 29.7 Å². The first-order valence-corrected chi connectivity index (χ1v) is 6.77. The minimum absolute atomic E-state index is 0.110. The molecular formula is C17H18N2O2. The summed E-state index contributed by atoms with van der Waals surface area (Å²) in [5.41, 5.74) is 8.65. The maximum Gasteiger partial charge on any atom is 0.228 e. The lowest BCUT2D eigenvalue weighted by molar-refractivity contribution is -0.117. The normalized spacial score (nSPS) is 10.1. The third-order valence-electron chi connectivity index (χ3n) is 3.27. The van der Waals surface area contributed by atoms with Gasteiger partial charge in [-0.1, -0.05) is 42.5 Å². The molecule has 21 heavy (non-hydrogen) atoms. The second-order valence-corrected chi connectivity index (χ2v) is 4.95. The number of carbonyl (C=O) groups is 2. The average Bonchev–Trinajstić information content (AvgIpc) is 2.43. The summed E-state index contributed by atoms with van der Waals surface area (Å²) < 4.78 is 0. The molecule has 0 radical (unpaired) electrons. The topological polar surface area (TPSA) is 72.2 Å². The summed E-state index contributed by atoms with van der Waals surface area (Å²) in [5, 5.41) is 2.84. The van der Waals surface area contributed by atoms with E-state index >= 15 is 0 Å². The molecular weight excluding hydrogens is 264 g/mol. The molecule has 0 atom stereocenters. The molecule has 2 aromatic rings. The Hall–Kier alpha value is -2.62. The molecule has 4 heteroatoms. The Kier molecular flexibility index (Phi) is 4.72. The number of rotatable bonds is 5. The van der Waals surface area contributed by atoms with Gasteiger partial charge >= 0.3 is 0 Å². The Morgan fingerprint density at radius 3 is 2.24 bits per heavy atom. The van der Waals surface area contributed by atoms with E-state index in [1.54, 1.807) is 12.1 Å². The molecule has 2 rings (SSSR count). The molecule has 0 fully saturated rings. The van der Waals surface area contributed by atoms with Crippen molar-refractivity contribution < 1.29 is 9.59 Å². The largest absolute Gasteiger partial charge is 0.369 e. The van der Waals surface area contributed by atoms with Gasteiger partial charge in [0, 0.05) is 5.69 Å². The van der Waals surface area contributed by atoms with E-state index in [-0.39, 0.29) is 12.3 Å². The number of carbonyl (C=O) groups excluding carboxylic acids is 2. The lowest BCUT2D eigenvalue weighted by atomic mass is 10.1. The molecule has 4 nitrogen and oxygen atoms in total. The second-order valence-electron chi connectivity index (χ2n) is 4.95. The van der Waals surface area contributed by atoms with Gasteiger partial charge in [-0.2, -0.15) is 0 Å². The van der Waals surface area contributed by atoms with Crippen LogP contribution in [0.25, 0.3) is 0 Å². The number of anilines is 1. The molecule has 2 aromatic carbocycles. The number of primary amides is 1. The van der Waals surface area contributed by atoms with Crippen LogP contribution in [-0.4, -0.2) is 11.8 Å². The predicted octanol–water partition coefficient (Wildman–Crippen LogP) is 2.20. The van der Waals surface area contributed by atoms with Crippen molar-refractivity contribution in [2.75, 3.05) is 5.32 Å². The maximum atomic E-state index is 12.1. The molecule has 108 valence electrons. The summed E-state index contributed by atoms with van der Waals surface area (Å²) in [6.45, 7) is 1.98. The number of hydrogen-bond donors (Lipinski definition) is 2. The SMILES string of the molecule is Cc1ccccc1CC(=O)Nc1ccccc1CC(N)=O. The fraction of sp³-hybridized carbons (Fsp3) is 0.176. The van der Waals surface area contributed by atoms with Crippen molar-refractivity contribution in [2.45, 2.75) is 19.8 Å². The Morgan fingerprint density at radius 1 is 0.952 bits per heavy atom. The first-order chi connectivity index (χ1) is 10.1. The molecule has 0 aliphatic rings. The Balaban J connectivity index is 2.10. The zero-order valence-electron chi connectivity index (χ0n) is 11.9. The summed E-state index contributed by atoms with van der Waals surface area (Å²) in [5.74, 6) is -0.531. The first kappa shape index (κ1) is 14.8. The quantitative estimate of drug-likeness (QED) is 0.882. The van der Waals surface area contributed by atoms with Gasteiger partial charge in [-0.25, -0.2) is 0 Å². The van der Waals surface area contributed by atoms with Crippen LogP contribution < -0.4 is 11.1 Å². The molecule has 0 spiro atoms. The third kappa shape index (κ3) is 4.18. The fourth-order valence-electron chi connectivity index (χ4n) is 2.16. The monoisotopic (exact) mass is 282 g/mol. The van der Waals surface area contributed by atoms with Crippen molar-refractivity contribution in [1.29, 1.82) is 0 Å². The number of nitrogens with one attached hydrogen (secondary N) is 1. The highest BCUT2D eigenvalue weighted by Crippen LogP contribution is 2.16. The maximum absolute atomic E-state index is 12.1. The van der Waals surface area contributed by atoms with E-state index in [2.05, 4.69) is 5.32 Å². The van der Waals surface area contributed by atoms with E-state index in [9.17, 15) is 9.59 Å². The molecule has 0 unspecified atom stereocenters. The van der Waals surface area contributed by atoms with Gasteiger partial charge in [0.2, 0.25) is 11.8 Å². The van der Waals surface area contributed by atoms with E-state index in [0.717, 1.165) is 16.7 Å². The van der Waals surface area contributed by atoms with Gasteiger partial charge in [0.25, 0.3) is 0 Å². The Bertz CT molecular complexity index is 665. The van der Waals surface area contributed by atoms with Crippen molar-refractivity contribution in [1.82, 2.24) is 0 Å². The second kappa shape index (κ2) is 6.70. The highest BCUT2D eigenvalue weighted by Gasteiger charge is 2.10. The van der Waals surface area contributed by atoms with Gasteiger partial charge in [0.1, 0.15) is 0 Å². The van der Waals surface area contributed by atoms with Crippen LogP contribution in [0.15, 0.2) is 48.5 Å². The third-order valence-corrected chi connectivity index (χ3v) is 3.27. The van der Waals surface area contributed by atoms with Crippen LogP contribution in [0.2, 0.25) is 0 Å². The predicted molar refractivity (Wildman–Crippen MR) is 82.9 cm³/mol. The van der Waals surface area contributed by atoms with Crippen molar-refractivity contribution in [3.05, 3.63) is 65.2 Å². The van der Waals surface area contributed by atoms with E-state index in [4.69, 9.17) is 5.73 Å². The van der Waals surface area contributed by atoms with Crippen LogP contribution in [0.1, 0.15) is 16.7 Å². The van der Waals surface area contributed by atoms with Crippen LogP contribution >= 0.6 is 0 Å². The standard InChI is InChI=1S/C17H18N2O2/c1-12-6-2-3-7-13(12)11-17(21)19-15-9-5-4-8-14(15)10-16(18)20/h2-9H,10-11H2,1H3,(H2,18,20)(H,19,21). The average molecular weight is 282 g/mol. The lowest BCUT2D eigenvalue weighted by Crippen LogP contribution is -2.19. The summed E-state index contributed by atoms with van der Waals surface area (Å²) >= 11 is 0. The Morgan fingerprint density at radius 2 is 1.57 bits per heavy atom. The van der Waals surface area contributed by atoms with Gasteiger partial charge in [0.15, 0.2) is 0 Å². The number of benzene rings is 2. The number of hydrogen-bond acceptors (Lipinski definition) is 2. The molecule has 0 bridgehead atoms. The number of para-hydroxylation sites is 1. The van der Waals surface area contributed by atoms with Gasteiger partial charge in [0.05, 0.1) is 12.8 Å². The van der Waals surface area contributed by atoms with Gasteiger partial charge in [-0.15, -0.1) is 0 Å². The molecule has 0 aliphatic carbocycles. The molecule has 0 aliphatic heterocycles. The summed E-state index contributed by atoms with van der Waals surface area (Å²) in [4.78, 5) is 23.2. The smallest absolute Gasteiger partial charge is 0.228 e. The van der Waals surface area contributed by atoms with Crippen molar-refractivity contribution >= 4 is 17.5 Å². The van der Waals surface area contributed by atoms with E-state index in [1.165, 1.54) is 0 Å². The molecule has 3 N–H and O–H groups in total. The van der Waals surface area contributed by atoms with Crippen LogP contribution in [0.3, 0.4) is 0 Å². The van der Waals surface area contributed by atoms with E-state index in [0.29, 0.717) is 12.1 Å². The van der Waals surface area contributed by atoms with Crippen molar-refractivity contribution in [3.63, 3.8) is 0 Å².